The third-order valence-electron chi connectivity index (χ3n) is 4.65. The van der Waals surface area contributed by atoms with Crippen molar-refractivity contribution in [3.05, 3.63) is 55.6 Å². The number of carbonyl (C=O) groups excluding carboxylic acids is 1. The van der Waals surface area contributed by atoms with Gasteiger partial charge in [-0.1, -0.05) is 0 Å². The molecule has 0 fully saturated rings. The van der Waals surface area contributed by atoms with E-state index in [0.717, 1.165) is 17.7 Å². The summed E-state index contributed by atoms with van der Waals surface area (Å²) in [5.74, 6) is -0.239. The van der Waals surface area contributed by atoms with Crippen molar-refractivity contribution in [3.8, 4) is 0 Å². The van der Waals surface area contributed by atoms with Crippen LogP contribution in [-0.4, -0.2) is 31.3 Å². The van der Waals surface area contributed by atoms with Crippen LogP contribution >= 0.6 is 0 Å². The summed E-state index contributed by atoms with van der Waals surface area (Å²) in [6, 6.07) is 1.52. The summed E-state index contributed by atoms with van der Waals surface area (Å²) in [7, 11) is 1.63. The molecule has 0 saturated heterocycles. The van der Waals surface area contributed by atoms with E-state index in [-0.39, 0.29) is 29.6 Å². The molecule has 0 aliphatic heterocycles. The molecule has 8 heteroatoms. The van der Waals surface area contributed by atoms with E-state index >= 15 is 0 Å². The lowest BCUT2D eigenvalue weighted by Gasteiger charge is -2.25. The van der Waals surface area contributed by atoms with Gasteiger partial charge in [0.1, 0.15) is 6.54 Å². The molecule has 132 valence electrons. The Morgan fingerprint density at radius 1 is 1.36 bits per heavy atom. The van der Waals surface area contributed by atoms with Crippen molar-refractivity contribution in [3.63, 3.8) is 0 Å². The molecule has 3 rings (SSSR count). The number of rotatable bonds is 3. The van der Waals surface area contributed by atoms with Crippen LogP contribution in [0.3, 0.4) is 0 Å². The number of hydrogen-bond acceptors (Lipinski definition) is 5. The third kappa shape index (κ3) is 3.52. The Morgan fingerprint density at radius 3 is 2.88 bits per heavy atom. The predicted molar refractivity (Wildman–Crippen MR) is 91.4 cm³/mol. The SMILES string of the molecule is Cc1ncn(CC(=O)NC2CCc3nn(C)c(=O)cc3C2)c(=O)c1C. The van der Waals surface area contributed by atoms with E-state index in [1.54, 1.807) is 27.0 Å². The minimum absolute atomic E-state index is 0.0644. The summed E-state index contributed by atoms with van der Waals surface area (Å²) < 4.78 is 2.64. The van der Waals surface area contributed by atoms with Gasteiger partial charge in [0.25, 0.3) is 11.1 Å². The molecule has 1 aliphatic rings. The largest absolute Gasteiger partial charge is 0.351 e. The number of carbonyl (C=O) groups is 1. The average Bonchev–Trinajstić information content (AvgIpc) is 2.57. The highest BCUT2D eigenvalue weighted by Gasteiger charge is 2.22. The Balaban J connectivity index is 1.68. The molecule has 0 bridgehead atoms. The summed E-state index contributed by atoms with van der Waals surface area (Å²) in [4.78, 5) is 40.3. The second kappa shape index (κ2) is 6.62. The highest BCUT2D eigenvalue weighted by atomic mass is 16.2. The fourth-order valence-electron chi connectivity index (χ4n) is 3.03. The molecule has 2 heterocycles. The van der Waals surface area contributed by atoms with E-state index in [1.165, 1.54) is 15.6 Å². The van der Waals surface area contributed by atoms with Crippen molar-refractivity contribution in [2.24, 2.45) is 7.05 Å². The lowest BCUT2D eigenvalue weighted by atomic mass is 9.92. The van der Waals surface area contributed by atoms with Crippen LogP contribution in [0.5, 0.6) is 0 Å². The molecular weight excluding hydrogens is 322 g/mol. The molecule has 0 aromatic carbocycles. The molecule has 1 aliphatic carbocycles. The van der Waals surface area contributed by atoms with E-state index in [9.17, 15) is 14.4 Å². The lowest BCUT2D eigenvalue weighted by molar-refractivity contribution is -0.122. The highest BCUT2D eigenvalue weighted by Crippen LogP contribution is 2.17. The molecule has 25 heavy (non-hydrogen) atoms. The normalized spacial score (nSPS) is 16.4. The number of nitrogens with zero attached hydrogens (tertiary/aromatic N) is 4. The summed E-state index contributed by atoms with van der Waals surface area (Å²) in [5, 5.41) is 7.20. The zero-order valence-electron chi connectivity index (χ0n) is 14.6. The molecule has 2 aromatic rings. The van der Waals surface area contributed by atoms with Crippen molar-refractivity contribution in [2.75, 3.05) is 0 Å². The monoisotopic (exact) mass is 343 g/mol. The Morgan fingerprint density at radius 2 is 2.12 bits per heavy atom. The minimum Gasteiger partial charge on any atom is -0.351 e. The first-order valence-electron chi connectivity index (χ1n) is 8.23. The van der Waals surface area contributed by atoms with E-state index in [1.807, 2.05) is 0 Å². The zero-order chi connectivity index (χ0) is 18.1. The third-order valence-corrected chi connectivity index (χ3v) is 4.65. The topological polar surface area (TPSA) is 98.9 Å². The second-order valence-electron chi connectivity index (χ2n) is 6.47. The standard InChI is InChI=1S/C17H21N5O3/c1-10-11(2)18-9-22(17(10)25)8-15(23)19-13-4-5-14-12(6-13)7-16(24)21(3)20-14/h7,9,13H,4-6,8H2,1-3H3,(H,19,23). The fraction of sp³-hybridized carbons (Fsp3) is 0.471. The summed E-state index contributed by atoms with van der Waals surface area (Å²) in [5.41, 5.74) is 2.64. The minimum atomic E-state index is -0.239. The van der Waals surface area contributed by atoms with Gasteiger partial charge >= 0.3 is 0 Å². The van der Waals surface area contributed by atoms with Crippen molar-refractivity contribution in [1.82, 2.24) is 24.6 Å². The maximum Gasteiger partial charge on any atom is 0.266 e. The predicted octanol–water partition coefficient (Wildman–Crippen LogP) is -0.372. The van der Waals surface area contributed by atoms with Gasteiger partial charge in [-0.25, -0.2) is 9.67 Å². The molecule has 0 radical (unpaired) electrons. The molecule has 1 unspecified atom stereocenters. The average molecular weight is 343 g/mol. The smallest absolute Gasteiger partial charge is 0.266 e. The Hall–Kier alpha value is -2.77. The summed E-state index contributed by atoms with van der Waals surface area (Å²) in [6.45, 7) is 3.40. The van der Waals surface area contributed by atoms with Gasteiger partial charge < -0.3 is 5.32 Å². The number of fused-ring (bicyclic) bond motifs is 1. The first-order chi connectivity index (χ1) is 11.8. The van der Waals surface area contributed by atoms with Gasteiger partial charge in [0, 0.05) is 30.4 Å². The summed E-state index contributed by atoms with van der Waals surface area (Å²) >= 11 is 0. The molecule has 0 spiro atoms. The molecule has 8 nitrogen and oxygen atoms in total. The van der Waals surface area contributed by atoms with Gasteiger partial charge in [-0.3, -0.25) is 19.0 Å². The van der Waals surface area contributed by atoms with Gasteiger partial charge in [-0.05, 0) is 38.7 Å². The first kappa shape index (κ1) is 17.1. The number of amides is 1. The van der Waals surface area contributed by atoms with Crippen LogP contribution < -0.4 is 16.4 Å². The molecular formula is C17H21N5O3. The lowest BCUT2D eigenvalue weighted by Crippen LogP contribution is -2.42. The van der Waals surface area contributed by atoms with Crippen LogP contribution in [0.15, 0.2) is 22.0 Å². The Kier molecular flexibility index (Phi) is 4.52. The number of nitrogens with one attached hydrogen (secondary N) is 1. The van der Waals surface area contributed by atoms with Crippen LogP contribution in [0.4, 0.5) is 0 Å². The van der Waals surface area contributed by atoms with Crippen molar-refractivity contribution in [1.29, 1.82) is 0 Å². The highest BCUT2D eigenvalue weighted by molar-refractivity contribution is 5.76. The molecule has 1 amide bonds. The first-order valence-corrected chi connectivity index (χ1v) is 8.23. The van der Waals surface area contributed by atoms with Crippen molar-refractivity contribution in [2.45, 2.75) is 45.7 Å². The van der Waals surface area contributed by atoms with Gasteiger partial charge in [-0.15, -0.1) is 0 Å². The van der Waals surface area contributed by atoms with E-state index in [0.29, 0.717) is 24.1 Å². The number of hydrogen-bond donors (Lipinski definition) is 1. The Bertz CT molecular complexity index is 944. The van der Waals surface area contributed by atoms with E-state index < -0.39 is 0 Å². The van der Waals surface area contributed by atoms with Crippen LogP contribution in [-0.2, 0) is 31.2 Å². The van der Waals surface area contributed by atoms with Crippen molar-refractivity contribution < 1.29 is 4.79 Å². The van der Waals surface area contributed by atoms with E-state index in [4.69, 9.17) is 0 Å². The fourth-order valence-corrected chi connectivity index (χ4v) is 3.03. The van der Waals surface area contributed by atoms with Crippen LogP contribution in [0.2, 0.25) is 0 Å². The van der Waals surface area contributed by atoms with Gasteiger partial charge in [0.15, 0.2) is 0 Å². The van der Waals surface area contributed by atoms with Crippen LogP contribution in [0.1, 0.15) is 28.9 Å². The second-order valence-corrected chi connectivity index (χ2v) is 6.47. The van der Waals surface area contributed by atoms with E-state index in [2.05, 4.69) is 15.4 Å². The molecule has 0 saturated carbocycles. The quantitative estimate of drug-likeness (QED) is 0.820. The zero-order valence-corrected chi connectivity index (χ0v) is 14.6. The van der Waals surface area contributed by atoms with Gasteiger partial charge in [0.2, 0.25) is 5.91 Å². The van der Waals surface area contributed by atoms with Gasteiger partial charge in [0.05, 0.1) is 12.0 Å². The van der Waals surface area contributed by atoms with Crippen LogP contribution in [0, 0.1) is 13.8 Å². The maximum absolute atomic E-state index is 12.3. The maximum atomic E-state index is 12.3. The van der Waals surface area contributed by atoms with Crippen LogP contribution in [0.25, 0.3) is 0 Å². The number of aromatic nitrogens is 4. The molecule has 1 atom stereocenters. The van der Waals surface area contributed by atoms with Gasteiger partial charge in [-0.2, -0.15) is 5.10 Å². The van der Waals surface area contributed by atoms with Crippen molar-refractivity contribution >= 4 is 5.91 Å². The Labute approximate surface area is 144 Å². The number of aryl methyl sites for hydroxylation is 3. The molecule has 1 N–H and O–H groups in total. The summed E-state index contributed by atoms with van der Waals surface area (Å²) in [6.07, 6.45) is 3.43. The molecule has 2 aromatic heterocycles.